The lowest BCUT2D eigenvalue weighted by Crippen LogP contribution is -2.37. The first kappa shape index (κ1) is 16.8. The van der Waals surface area contributed by atoms with Gasteiger partial charge in [-0.25, -0.2) is 12.7 Å². The molecule has 0 bridgehead atoms. The van der Waals surface area contributed by atoms with Crippen molar-refractivity contribution in [3.63, 3.8) is 0 Å². The molecule has 1 heterocycles. The van der Waals surface area contributed by atoms with E-state index in [-0.39, 0.29) is 18.7 Å². The number of hydrogen-bond acceptors (Lipinski definition) is 3. The minimum absolute atomic E-state index is 0.0360. The topological polar surface area (TPSA) is 54.5 Å². The second-order valence-electron chi connectivity index (χ2n) is 5.38. The zero-order valence-corrected chi connectivity index (χ0v) is 12.7. The van der Waals surface area contributed by atoms with Crippen molar-refractivity contribution in [3.8, 4) is 0 Å². The molecule has 22 heavy (non-hydrogen) atoms. The zero-order chi connectivity index (χ0) is 16.5. The average molecular weight is 335 g/mol. The Labute approximate surface area is 127 Å². The fourth-order valence-electron chi connectivity index (χ4n) is 2.40. The second-order valence-corrected chi connectivity index (χ2v) is 7.39. The van der Waals surface area contributed by atoms with Crippen LogP contribution in [-0.2, 0) is 27.4 Å². The fourth-order valence-corrected chi connectivity index (χ4v) is 3.98. The number of amides is 1. The van der Waals surface area contributed by atoms with Crippen LogP contribution in [0.4, 0.5) is 13.2 Å². The lowest BCUT2D eigenvalue weighted by atomic mass is 9.99. The third-order valence-corrected chi connectivity index (χ3v) is 5.43. The number of nitrogens with zero attached hydrogens (tertiary/aromatic N) is 1. The Kier molecular flexibility index (Phi) is 4.51. The lowest BCUT2D eigenvalue weighted by molar-refractivity contribution is -0.137. The van der Waals surface area contributed by atoms with Crippen LogP contribution in [0.5, 0.6) is 0 Å². The van der Waals surface area contributed by atoms with Gasteiger partial charge in [-0.15, -0.1) is 0 Å². The molecular formula is C14H16F3NO3S. The van der Waals surface area contributed by atoms with E-state index in [0.717, 1.165) is 16.4 Å². The van der Waals surface area contributed by atoms with E-state index in [9.17, 15) is 26.4 Å². The molecule has 0 aliphatic carbocycles. The number of benzene rings is 1. The van der Waals surface area contributed by atoms with Crippen LogP contribution >= 0.6 is 0 Å². The summed E-state index contributed by atoms with van der Waals surface area (Å²) in [6, 6.07) is 4.54. The molecule has 0 spiro atoms. The summed E-state index contributed by atoms with van der Waals surface area (Å²) >= 11 is 0. The minimum Gasteiger partial charge on any atom is -0.273 e. The fraction of sp³-hybridized carbons (Fsp3) is 0.500. The molecule has 0 radical (unpaired) electrons. The lowest BCUT2D eigenvalue weighted by Gasteiger charge is -2.19. The number of alkyl halides is 3. The van der Waals surface area contributed by atoms with Crippen molar-refractivity contribution in [2.75, 3.05) is 12.3 Å². The summed E-state index contributed by atoms with van der Waals surface area (Å²) in [5.74, 6) is -1.15. The maximum absolute atomic E-state index is 12.5. The molecule has 0 unspecified atom stereocenters. The number of sulfonamides is 1. The summed E-state index contributed by atoms with van der Waals surface area (Å²) in [6.07, 6.45) is -3.78. The molecule has 1 aliphatic rings. The largest absolute Gasteiger partial charge is 0.416 e. The second kappa shape index (κ2) is 5.91. The Morgan fingerprint density at radius 2 is 1.86 bits per heavy atom. The van der Waals surface area contributed by atoms with Gasteiger partial charge in [-0.3, -0.25) is 4.79 Å². The van der Waals surface area contributed by atoms with Crippen molar-refractivity contribution < 1.29 is 26.4 Å². The predicted molar refractivity (Wildman–Crippen MR) is 74.4 cm³/mol. The van der Waals surface area contributed by atoms with E-state index < -0.39 is 33.6 Å². The molecule has 1 aromatic rings. The Hall–Kier alpha value is -1.57. The van der Waals surface area contributed by atoms with Gasteiger partial charge < -0.3 is 0 Å². The molecule has 4 nitrogen and oxygen atoms in total. The van der Waals surface area contributed by atoms with Crippen LogP contribution in [0.2, 0.25) is 0 Å². The molecule has 0 saturated carbocycles. The normalized spacial score (nSPS) is 19.2. The maximum Gasteiger partial charge on any atom is 0.416 e. The molecule has 2 rings (SSSR count). The highest BCUT2D eigenvalue weighted by Crippen LogP contribution is 2.29. The van der Waals surface area contributed by atoms with Crippen molar-refractivity contribution >= 4 is 15.9 Å². The molecule has 1 fully saturated rings. The summed E-state index contributed by atoms with van der Waals surface area (Å²) in [5.41, 5.74) is -0.192. The van der Waals surface area contributed by atoms with Crippen LogP contribution in [-0.4, -0.2) is 30.9 Å². The molecule has 1 aliphatic heterocycles. The van der Waals surface area contributed by atoms with Gasteiger partial charge in [0.05, 0.1) is 11.3 Å². The van der Waals surface area contributed by atoms with Crippen molar-refractivity contribution in [2.24, 2.45) is 5.92 Å². The Morgan fingerprint density at radius 3 is 2.32 bits per heavy atom. The highest BCUT2D eigenvalue weighted by molar-refractivity contribution is 7.89. The van der Waals surface area contributed by atoms with Crippen LogP contribution in [0, 0.1) is 5.92 Å². The molecule has 8 heteroatoms. The molecule has 1 atom stereocenters. The summed E-state index contributed by atoms with van der Waals surface area (Å²) in [7, 11) is -3.51. The number of rotatable bonds is 3. The van der Waals surface area contributed by atoms with Crippen LogP contribution in [0.25, 0.3) is 0 Å². The van der Waals surface area contributed by atoms with E-state index >= 15 is 0 Å². The van der Waals surface area contributed by atoms with Crippen LogP contribution in [0.15, 0.2) is 24.3 Å². The molecule has 0 N–H and O–H groups in total. The van der Waals surface area contributed by atoms with Gasteiger partial charge in [-0.1, -0.05) is 19.1 Å². The molecular weight excluding hydrogens is 319 g/mol. The number of carbonyl (C=O) groups is 1. The Bertz CT molecular complexity index is 653. The van der Waals surface area contributed by atoms with E-state index in [4.69, 9.17) is 0 Å². The van der Waals surface area contributed by atoms with E-state index in [1.807, 2.05) is 0 Å². The number of hydrogen-bond donors (Lipinski definition) is 0. The van der Waals surface area contributed by atoms with E-state index in [1.54, 1.807) is 6.92 Å². The smallest absolute Gasteiger partial charge is 0.273 e. The van der Waals surface area contributed by atoms with Crippen molar-refractivity contribution in [3.05, 3.63) is 35.4 Å². The van der Waals surface area contributed by atoms with E-state index in [1.165, 1.54) is 12.1 Å². The minimum atomic E-state index is -4.40. The number of carbonyl (C=O) groups excluding carboxylic acids is 1. The third-order valence-electron chi connectivity index (χ3n) is 3.59. The quantitative estimate of drug-likeness (QED) is 0.852. The number of halogens is 3. The SMILES string of the molecule is C[C@@H](Cc1ccc(C(F)(F)F)cc1)C(=O)N1CCCS1(=O)=O. The van der Waals surface area contributed by atoms with Gasteiger partial charge in [0.25, 0.3) is 0 Å². The standard InChI is InChI=1S/C14H16F3NO3S/c1-10(13(19)18-7-2-8-22(18,20)21)9-11-3-5-12(6-4-11)14(15,16)17/h3-6,10H,2,7-9H2,1H3/t10-/m0/s1. The first-order chi connectivity index (χ1) is 10.1. The van der Waals surface area contributed by atoms with Crippen LogP contribution in [0.1, 0.15) is 24.5 Å². The maximum atomic E-state index is 12.5. The highest BCUT2D eigenvalue weighted by atomic mass is 32.2. The predicted octanol–water partition coefficient (Wildman–Crippen LogP) is 2.45. The average Bonchev–Trinajstić information content (AvgIpc) is 2.77. The molecule has 1 aromatic carbocycles. The first-order valence-corrected chi connectivity index (χ1v) is 8.42. The third kappa shape index (κ3) is 3.60. The van der Waals surface area contributed by atoms with Gasteiger partial charge in [-0.05, 0) is 30.5 Å². The summed E-state index contributed by atoms with van der Waals surface area (Å²) in [4.78, 5) is 12.2. The zero-order valence-electron chi connectivity index (χ0n) is 11.9. The Balaban J connectivity index is 2.06. The molecule has 0 aromatic heterocycles. The van der Waals surface area contributed by atoms with Gasteiger partial charge in [0.1, 0.15) is 0 Å². The molecule has 1 amide bonds. The van der Waals surface area contributed by atoms with E-state index in [0.29, 0.717) is 12.0 Å². The van der Waals surface area contributed by atoms with Crippen molar-refractivity contribution in [1.29, 1.82) is 0 Å². The first-order valence-electron chi connectivity index (χ1n) is 6.81. The molecule has 1 saturated heterocycles. The van der Waals surface area contributed by atoms with Gasteiger partial charge in [0, 0.05) is 12.5 Å². The van der Waals surface area contributed by atoms with Gasteiger partial charge in [0.2, 0.25) is 15.9 Å². The summed E-state index contributed by atoms with van der Waals surface area (Å²) < 4.78 is 61.7. The van der Waals surface area contributed by atoms with Gasteiger partial charge >= 0.3 is 6.18 Å². The van der Waals surface area contributed by atoms with Gasteiger partial charge in [0.15, 0.2) is 0 Å². The van der Waals surface area contributed by atoms with Gasteiger partial charge in [-0.2, -0.15) is 13.2 Å². The highest BCUT2D eigenvalue weighted by Gasteiger charge is 2.35. The molecule has 122 valence electrons. The van der Waals surface area contributed by atoms with Crippen LogP contribution in [0.3, 0.4) is 0 Å². The summed E-state index contributed by atoms with van der Waals surface area (Å²) in [5, 5.41) is 0. The Morgan fingerprint density at radius 1 is 1.27 bits per heavy atom. The van der Waals surface area contributed by atoms with Crippen LogP contribution < -0.4 is 0 Å². The van der Waals surface area contributed by atoms with Crippen molar-refractivity contribution in [1.82, 2.24) is 4.31 Å². The summed E-state index contributed by atoms with van der Waals surface area (Å²) in [6.45, 7) is 1.76. The monoisotopic (exact) mass is 335 g/mol. The van der Waals surface area contributed by atoms with Crippen molar-refractivity contribution in [2.45, 2.75) is 25.9 Å². The van der Waals surface area contributed by atoms with E-state index in [2.05, 4.69) is 0 Å².